The van der Waals surface area contributed by atoms with Crippen LogP contribution < -0.4 is 4.90 Å². The van der Waals surface area contributed by atoms with Gasteiger partial charge in [0.15, 0.2) is 0 Å². The topological polar surface area (TPSA) is 59.3 Å². The summed E-state index contributed by atoms with van der Waals surface area (Å²) in [6, 6.07) is 11.5. The van der Waals surface area contributed by atoms with Crippen molar-refractivity contribution in [2.24, 2.45) is 0 Å². The summed E-state index contributed by atoms with van der Waals surface area (Å²) in [6.45, 7) is 0.950. The third kappa shape index (κ3) is 2.35. The van der Waals surface area contributed by atoms with Gasteiger partial charge >= 0.3 is 0 Å². The second-order valence-corrected chi connectivity index (χ2v) is 6.61. The van der Waals surface area contributed by atoms with Crippen LogP contribution in [0, 0.1) is 10.1 Å². The highest BCUT2D eigenvalue weighted by atomic mass is 32.1. The summed E-state index contributed by atoms with van der Waals surface area (Å²) in [5.74, 6) is 0. The molecule has 3 aromatic rings. The highest BCUT2D eigenvalue weighted by Gasteiger charge is 2.29. The molecule has 1 aliphatic rings. The lowest BCUT2D eigenvalue weighted by molar-refractivity contribution is -0.383. The summed E-state index contributed by atoms with van der Waals surface area (Å²) in [5.41, 5.74) is 1.82. The van der Waals surface area contributed by atoms with Crippen molar-refractivity contribution in [3.8, 4) is 0 Å². The molecule has 1 atom stereocenters. The number of hydrogen-bond acceptors (Lipinski definition) is 5. The SMILES string of the molecule is O=[N+]([O-])c1ccc(N2CCCC2c2cccs2)c2ncccc12. The molecule has 0 aliphatic carbocycles. The van der Waals surface area contributed by atoms with Crippen LogP contribution in [0.3, 0.4) is 0 Å². The Bertz CT molecular complexity index is 863. The molecule has 23 heavy (non-hydrogen) atoms. The lowest BCUT2D eigenvalue weighted by atomic mass is 10.1. The molecule has 1 fully saturated rings. The van der Waals surface area contributed by atoms with Crippen LogP contribution in [0.4, 0.5) is 11.4 Å². The van der Waals surface area contributed by atoms with Crippen molar-refractivity contribution >= 4 is 33.6 Å². The number of pyridine rings is 1. The van der Waals surface area contributed by atoms with E-state index in [-0.39, 0.29) is 10.6 Å². The zero-order valence-electron chi connectivity index (χ0n) is 12.4. The first-order chi connectivity index (χ1) is 11.3. The van der Waals surface area contributed by atoms with E-state index in [0.29, 0.717) is 16.9 Å². The molecule has 1 unspecified atom stereocenters. The maximum atomic E-state index is 11.3. The lowest BCUT2D eigenvalue weighted by Crippen LogP contribution is -2.22. The first-order valence-electron chi connectivity index (χ1n) is 7.58. The average Bonchev–Trinajstić information content (AvgIpc) is 3.24. The number of fused-ring (bicyclic) bond motifs is 1. The third-order valence-electron chi connectivity index (χ3n) is 4.36. The van der Waals surface area contributed by atoms with E-state index in [1.54, 1.807) is 35.7 Å². The highest BCUT2D eigenvalue weighted by Crippen LogP contribution is 2.41. The Morgan fingerprint density at radius 2 is 2.17 bits per heavy atom. The molecule has 4 rings (SSSR count). The van der Waals surface area contributed by atoms with Crippen molar-refractivity contribution in [1.29, 1.82) is 0 Å². The largest absolute Gasteiger partial charge is 0.362 e. The Hall–Kier alpha value is -2.47. The van der Waals surface area contributed by atoms with Gasteiger partial charge in [0.25, 0.3) is 5.69 Å². The molecule has 1 saturated heterocycles. The van der Waals surface area contributed by atoms with Gasteiger partial charge in [-0.3, -0.25) is 15.1 Å². The van der Waals surface area contributed by atoms with Crippen molar-refractivity contribution in [1.82, 2.24) is 4.98 Å². The van der Waals surface area contributed by atoms with Gasteiger partial charge in [-0.05, 0) is 42.5 Å². The molecule has 0 spiro atoms. The van der Waals surface area contributed by atoms with Crippen LogP contribution in [0.15, 0.2) is 48.0 Å². The number of rotatable bonds is 3. The van der Waals surface area contributed by atoms with E-state index in [1.165, 1.54) is 4.88 Å². The van der Waals surface area contributed by atoms with Crippen molar-refractivity contribution < 1.29 is 4.92 Å². The molecule has 0 amide bonds. The van der Waals surface area contributed by atoms with Crippen molar-refractivity contribution in [3.05, 3.63) is 63.0 Å². The summed E-state index contributed by atoms with van der Waals surface area (Å²) in [5, 5.41) is 14.0. The number of anilines is 1. The van der Waals surface area contributed by atoms with Crippen LogP contribution in [0.5, 0.6) is 0 Å². The molecule has 0 bridgehead atoms. The first-order valence-corrected chi connectivity index (χ1v) is 8.46. The van der Waals surface area contributed by atoms with E-state index in [1.807, 2.05) is 6.07 Å². The summed E-state index contributed by atoms with van der Waals surface area (Å²) in [6.07, 6.45) is 3.92. The zero-order valence-corrected chi connectivity index (χ0v) is 13.2. The molecule has 116 valence electrons. The summed E-state index contributed by atoms with van der Waals surface area (Å²) < 4.78 is 0. The van der Waals surface area contributed by atoms with Crippen LogP contribution >= 0.6 is 11.3 Å². The van der Waals surface area contributed by atoms with Crippen LogP contribution in [0.2, 0.25) is 0 Å². The minimum absolute atomic E-state index is 0.115. The molecule has 0 saturated carbocycles. The second kappa shape index (κ2) is 5.62. The number of non-ortho nitro benzene ring substituents is 1. The maximum Gasteiger partial charge on any atom is 0.278 e. The summed E-state index contributed by atoms with van der Waals surface area (Å²) in [4.78, 5) is 19.0. The monoisotopic (exact) mass is 325 g/mol. The predicted molar refractivity (Wildman–Crippen MR) is 92.0 cm³/mol. The first kappa shape index (κ1) is 14.1. The fourth-order valence-electron chi connectivity index (χ4n) is 3.37. The highest BCUT2D eigenvalue weighted by molar-refractivity contribution is 7.10. The van der Waals surface area contributed by atoms with Crippen molar-refractivity contribution in [2.45, 2.75) is 18.9 Å². The molecular formula is C17H15N3O2S. The van der Waals surface area contributed by atoms with E-state index in [9.17, 15) is 10.1 Å². The van der Waals surface area contributed by atoms with Gasteiger partial charge in [-0.1, -0.05) is 6.07 Å². The van der Waals surface area contributed by atoms with Gasteiger partial charge in [-0.2, -0.15) is 0 Å². The Morgan fingerprint density at radius 1 is 1.26 bits per heavy atom. The van der Waals surface area contributed by atoms with Crippen LogP contribution in [-0.4, -0.2) is 16.5 Å². The Morgan fingerprint density at radius 3 is 2.96 bits per heavy atom. The molecule has 5 nitrogen and oxygen atoms in total. The number of hydrogen-bond donors (Lipinski definition) is 0. The minimum atomic E-state index is -0.339. The maximum absolute atomic E-state index is 11.3. The third-order valence-corrected chi connectivity index (χ3v) is 5.33. The quantitative estimate of drug-likeness (QED) is 0.524. The fraction of sp³-hybridized carbons (Fsp3) is 0.235. The van der Waals surface area contributed by atoms with Crippen LogP contribution in [0.1, 0.15) is 23.8 Å². The van der Waals surface area contributed by atoms with E-state index >= 15 is 0 Å². The standard InChI is InChI=1S/C17H15N3O2S/c21-20(22)13-7-8-15(17-12(13)4-1-9-18-17)19-10-2-5-14(19)16-6-3-11-23-16/h1,3-4,6-9,11,14H,2,5,10H2. The van der Waals surface area contributed by atoms with Gasteiger partial charge in [0.05, 0.1) is 22.0 Å². The second-order valence-electron chi connectivity index (χ2n) is 5.63. The molecular weight excluding hydrogens is 310 g/mol. The number of nitro groups is 1. The van der Waals surface area contributed by atoms with E-state index in [4.69, 9.17) is 0 Å². The van der Waals surface area contributed by atoms with Gasteiger partial charge in [0, 0.05) is 23.7 Å². The molecule has 6 heteroatoms. The molecule has 0 N–H and O–H groups in total. The smallest absolute Gasteiger partial charge is 0.278 e. The van der Waals surface area contributed by atoms with Crippen LogP contribution in [-0.2, 0) is 0 Å². The van der Waals surface area contributed by atoms with Gasteiger partial charge in [0.2, 0.25) is 0 Å². The fourth-order valence-corrected chi connectivity index (χ4v) is 4.24. The molecule has 2 aromatic heterocycles. The van der Waals surface area contributed by atoms with Gasteiger partial charge in [-0.25, -0.2) is 0 Å². The van der Waals surface area contributed by atoms with Crippen molar-refractivity contribution in [2.75, 3.05) is 11.4 Å². The van der Waals surface area contributed by atoms with Gasteiger partial charge < -0.3 is 4.90 Å². The Kier molecular flexibility index (Phi) is 3.46. The molecule has 1 aromatic carbocycles. The minimum Gasteiger partial charge on any atom is -0.362 e. The Balaban J connectivity index is 1.86. The van der Waals surface area contributed by atoms with Gasteiger partial charge in [-0.15, -0.1) is 11.3 Å². The number of thiophene rings is 1. The average molecular weight is 325 g/mol. The predicted octanol–water partition coefficient (Wildman–Crippen LogP) is 4.55. The van der Waals surface area contributed by atoms with Crippen LogP contribution in [0.25, 0.3) is 10.9 Å². The molecule has 3 heterocycles. The molecule has 0 radical (unpaired) electrons. The Labute approximate surface area is 137 Å². The normalized spacial score (nSPS) is 17.7. The summed E-state index contributed by atoms with van der Waals surface area (Å²) >= 11 is 1.76. The van der Waals surface area contributed by atoms with Gasteiger partial charge in [0.1, 0.15) is 5.52 Å². The van der Waals surface area contributed by atoms with E-state index in [0.717, 1.165) is 25.1 Å². The van der Waals surface area contributed by atoms with E-state index < -0.39 is 0 Å². The zero-order chi connectivity index (χ0) is 15.8. The lowest BCUT2D eigenvalue weighted by Gasteiger charge is -2.26. The number of nitro benzene ring substituents is 1. The number of benzene rings is 1. The summed E-state index contributed by atoms with van der Waals surface area (Å²) in [7, 11) is 0. The number of nitrogens with zero attached hydrogens (tertiary/aromatic N) is 3. The van der Waals surface area contributed by atoms with E-state index in [2.05, 4.69) is 27.4 Å². The number of aromatic nitrogens is 1. The molecule has 1 aliphatic heterocycles. The van der Waals surface area contributed by atoms with Crippen molar-refractivity contribution in [3.63, 3.8) is 0 Å².